The van der Waals surface area contributed by atoms with E-state index in [-0.39, 0.29) is 0 Å². The Morgan fingerprint density at radius 1 is 1.47 bits per heavy atom. The van der Waals surface area contributed by atoms with E-state index in [0.29, 0.717) is 22.4 Å². The third kappa shape index (κ3) is 1.74. The van der Waals surface area contributed by atoms with Gasteiger partial charge in [0.2, 0.25) is 0 Å². The summed E-state index contributed by atoms with van der Waals surface area (Å²) in [7, 11) is 0. The summed E-state index contributed by atoms with van der Waals surface area (Å²) in [6.45, 7) is 0. The average Bonchev–Trinajstić information content (AvgIpc) is 2.57. The fourth-order valence-electron chi connectivity index (χ4n) is 1.17. The molecule has 1 aromatic carbocycles. The Kier molecular flexibility index (Phi) is 2.03. The number of anilines is 1. The van der Waals surface area contributed by atoms with Crippen molar-refractivity contribution >= 4 is 22.7 Å². The number of aromatic nitrogens is 1. The second kappa shape index (κ2) is 3.35. The number of rotatable bonds is 0. The molecule has 0 spiro atoms. The lowest BCUT2D eigenvalue weighted by Crippen LogP contribution is -2.06. The van der Waals surface area contributed by atoms with Crippen molar-refractivity contribution in [2.75, 3.05) is 5.73 Å². The number of nitrogens with two attached hydrogens (primary N) is 2. The third-order valence-electron chi connectivity index (χ3n) is 1.83. The maximum Gasteiger partial charge on any atom is 0.293 e. The fourth-order valence-corrected chi connectivity index (χ4v) is 1.17. The van der Waals surface area contributed by atoms with Gasteiger partial charge in [-0.15, -0.1) is 0 Å². The van der Waals surface area contributed by atoms with E-state index < -0.39 is 5.91 Å². The summed E-state index contributed by atoms with van der Waals surface area (Å²) < 4.78 is 4.91. The monoisotopic (exact) mass is 201 g/mol. The molecule has 0 unspecified atom stereocenters. The summed E-state index contributed by atoms with van der Waals surface area (Å²) in [4.78, 5) is 10.4. The van der Waals surface area contributed by atoms with Crippen LogP contribution in [0.2, 0.25) is 0 Å². The predicted molar refractivity (Wildman–Crippen MR) is 54.5 cm³/mol. The zero-order valence-electron chi connectivity index (χ0n) is 7.65. The summed E-state index contributed by atoms with van der Waals surface area (Å²) in [5.74, 6) is 4.46. The smallest absolute Gasteiger partial charge is 0.293 e. The maximum absolute atomic E-state index is 10.4. The highest BCUT2D eigenvalue weighted by Gasteiger charge is 2.04. The Bertz CT molecular complexity index is 589. The van der Waals surface area contributed by atoms with Crippen molar-refractivity contribution in [1.82, 2.24) is 5.16 Å². The third-order valence-corrected chi connectivity index (χ3v) is 1.83. The lowest BCUT2D eigenvalue weighted by molar-refractivity contribution is -0.112. The Balaban J connectivity index is 2.52. The van der Waals surface area contributed by atoms with Crippen LogP contribution in [0, 0.1) is 11.8 Å². The second-order valence-corrected chi connectivity index (χ2v) is 2.89. The minimum Gasteiger partial charge on any atom is -0.380 e. The van der Waals surface area contributed by atoms with Gasteiger partial charge in [0, 0.05) is 5.56 Å². The molecule has 2 aromatic rings. The molecule has 0 saturated carbocycles. The summed E-state index contributed by atoms with van der Waals surface area (Å²) in [6, 6.07) is 5.07. The summed E-state index contributed by atoms with van der Waals surface area (Å²) in [5, 5.41) is 4.27. The molecule has 1 aromatic heterocycles. The molecule has 5 heteroatoms. The van der Waals surface area contributed by atoms with Crippen molar-refractivity contribution in [3.05, 3.63) is 23.8 Å². The molecule has 1 heterocycles. The molecule has 0 saturated heterocycles. The SMILES string of the molecule is NC(=O)C#Cc1ccc2onc(N)c2c1. The molecule has 0 aliphatic rings. The largest absolute Gasteiger partial charge is 0.380 e. The molecule has 0 atom stereocenters. The van der Waals surface area contributed by atoms with E-state index in [0.717, 1.165) is 0 Å². The minimum atomic E-state index is -0.673. The van der Waals surface area contributed by atoms with Crippen LogP contribution in [-0.2, 0) is 4.79 Å². The van der Waals surface area contributed by atoms with Gasteiger partial charge in [-0.05, 0) is 24.1 Å². The number of carbonyl (C=O) groups is 1. The summed E-state index contributed by atoms with van der Waals surface area (Å²) >= 11 is 0. The molecular formula is C10H7N3O2. The number of carbonyl (C=O) groups excluding carboxylic acids is 1. The number of nitrogen functional groups attached to an aromatic ring is 1. The topological polar surface area (TPSA) is 95.1 Å². The van der Waals surface area contributed by atoms with Crippen LogP contribution in [0.25, 0.3) is 11.0 Å². The molecule has 15 heavy (non-hydrogen) atoms. The van der Waals surface area contributed by atoms with E-state index in [9.17, 15) is 4.79 Å². The van der Waals surface area contributed by atoms with Crippen LogP contribution in [0.1, 0.15) is 5.56 Å². The van der Waals surface area contributed by atoms with Gasteiger partial charge in [0.15, 0.2) is 11.4 Å². The van der Waals surface area contributed by atoms with Gasteiger partial charge in [-0.25, -0.2) is 0 Å². The molecule has 74 valence electrons. The van der Waals surface area contributed by atoms with E-state index in [1.54, 1.807) is 18.2 Å². The van der Waals surface area contributed by atoms with Crippen LogP contribution in [-0.4, -0.2) is 11.1 Å². The van der Waals surface area contributed by atoms with Gasteiger partial charge in [0.25, 0.3) is 5.91 Å². The van der Waals surface area contributed by atoms with Crippen LogP contribution >= 0.6 is 0 Å². The minimum absolute atomic E-state index is 0.299. The molecular weight excluding hydrogens is 194 g/mol. The van der Waals surface area contributed by atoms with Gasteiger partial charge in [-0.3, -0.25) is 4.79 Å². The zero-order valence-corrected chi connectivity index (χ0v) is 7.65. The highest BCUT2D eigenvalue weighted by Crippen LogP contribution is 2.20. The van der Waals surface area contributed by atoms with Gasteiger partial charge < -0.3 is 16.0 Å². The molecule has 1 amide bonds. The van der Waals surface area contributed by atoms with Gasteiger partial charge in [-0.2, -0.15) is 0 Å². The van der Waals surface area contributed by atoms with E-state index >= 15 is 0 Å². The van der Waals surface area contributed by atoms with E-state index in [1.807, 2.05) is 0 Å². The number of amides is 1. The molecule has 5 nitrogen and oxygen atoms in total. The number of hydrogen-bond donors (Lipinski definition) is 2. The van der Waals surface area contributed by atoms with E-state index in [4.69, 9.17) is 16.0 Å². The number of primary amides is 1. The van der Waals surface area contributed by atoms with Crippen molar-refractivity contribution < 1.29 is 9.32 Å². The van der Waals surface area contributed by atoms with Crippen LogP contribution in [0.15, 0.2) is 22.7 Å². The number of hydrogen-bond acceptors (Lipinski definition) is 4. The Morgan fingerprint density at radius 3 is 3.00 bits per heavy atom. The quantitative estimate of drug-likeness (QED) is 0.597. The Hall–Kier alpha value is -2.48. The first-order valence-corrected chi connectivity index (χ1v) is 4.13. The lowest BCUT2D eigenvalue weighted by atomic mass is 10.1. The van der Waals surface area contributed by atoms with E-state index in [2.05, 4.69) is 17.0 Å². The van der Waals surface area contributed by atoms with Gasteiger partial charge in [0.1, 0.15) is 0 Å². The standard InChI is InChI=1S/C10H7N3O2/c11-9(14)4-2-6-1-3-8-7(5-6)10(12)13-15-8/h1,3,5H,(H2,11,14)(H2,12,13). The highest BCUT2D eigenvalue weighted by atomic mass is 16.5. The molecule has 0 radical (unpaired) electrons. The summed E-state index contributed by atoms with van der Waals surface area (Å²) in [5.41, 5.74) is 11.7. The first-order chi connectivity index (χ1) is 7.16. The molecule has 2 rings (SSSR count). The molecule has 4 N–H and O–H groups in total. The molecule has 0 fully saturated rings. The van der Waals surface area contributed by atoms with Gasteiger partial charge in [0.05, 0.1) is 5.39 Å². The predicted octanol–water partition coefficient (Wildman–Crippen LogP) is 0.247. The first kappa shape index (κ1) is 9.09. The van der Waals surface area contributed by atoms with Crippen LogP contribution < -0.4 is 11.5 Å². The normalized spacial score (nSPS) is 9.60. The van der Waals surface area contributed by atoms with Crippen molar-refractivity contribution in [1.29, 1.82) is 0 Å². The Labute approximate surface area is 85.0 Å². The van der Waals surface area contributed by atoms with Gasteiger partial charge in [-0.1, -0.05) is 11.1 Å². The number of fused-ring (bicyclic) bond motifs is 1. The first-order valence-electron chi connectivity index (χ1n) is 4.13. The van der Waals surface area contributed by atoms with Gasteiger partial charge >= 0.3 is 0 Å². The van der Waals surface area contributed by atoms with Crippen LogP contribution in [0.3, 0.4) is 0 Å². The van der Waals surface area contributed by atoms with Crippen molar-refractivity contribution in [2.45, 2.75) is 0 Å². The molecule has 0 aliphatic heterocycles. The summed E-state index contributed by atoms with van der Waals surface area (Å²) in [6.07, 6.45) is 0. The highest BCUT2D eigenvalue weighted by molar-refractivity contribution is 5.93. The van der Waals surface area contributed by atoms with Crippen molar-refractivity contribution in [3.63, 3.8) is 0 Å². The average molecular weight is 201 g/mol. The zero-order chi connectivity index (χ0) is 10.8. The van der Waals surface area contributed by atoms with Crippen LogP contribution in [0.4, 0.5) is 5.82 Å². The van der Waals surface area contributed by atoms with Crippen molar-refractivity contribution in [2.24, 2.45) is 5.73 Å². The fraction of sp³-hybridized carbons (Fsp3) is 0. The molecule has 0 aliphatic carbocycles. The Morgan fingerprint density at radius 2 is 2.27 bits per heavy atom. The lowest BCUT2D eigenvalue weighted by Gasteiger charge is -1.89. The molecule has 0 bridgehead atoms. The number of benzene rings is 1. The van der Waals surface area contributed by atoms with E-state index in [1.165, 1.54) is 0 Å². The van der Waals surface area contributed by atoms with Crippen molar-refractivity contribution in [3.8, 4) is 11.8 Å². The maximum atomic E-state index is 10.4. The second-order valence-electron chi connectivity index (χ2n) is 2.89. The number of nitrogens with zero attached hydrogens (tertiary/aromatic N) is 1. The van der Waals surface area contributed by atoms with Crippen LogP contribution in [0.5, 0.6) is 0 Å².